The molecule has 0 radical (unpaired) electrons. The van der Waals surface area contributed by atoms with Gasteiger partial charge in [-0.15, -0.1) is 0 Å². The van der Waals surface area contributed by atoms with Crippen LogP contribution < -0.4 is 0 Å². The Balaban J connectivity index is 2.56. The Labute approximate surface area is 89.9 Å². The van der Waals surface area contributed by atoms with Gasteiger partial charge in [0.2, 0.25) is 0 Å². The minimum atomic E-state index is -1.22. The Kier molecular flexibility index (Phi) is 3.84. The quantitative estimate of drug-likeness (QED) is 0.753. The van der Waals surface area contributed by atoms with Crippen molar-refractivity contribution in [1.82, 2.24) is 4.90 Å². The van der Waals surface area contributed by atoms with Crippen molar-refractivity contribution in [3.63, 3.8) is 0 Å². The highest BCUT2D eigenvalue weighted by atomic mass is 32.2. The standard InChI is InChI=1S/C10H19NO2S/c1-10(2,13)9(12)11-6-4-5-8(7-11)14-3/h8,13H,4-7H2,1-3H3. The number of carbonyl (C=O) groups is 1. The van der Waals surface area contributed by atoms with Crippen LogP contribution in [0, 0.1) is 0 Å². The zero-order valence-electron chi connectivity index (χ0n) is 9.12. The van der Waals surface area contributed by atoms with Crippen LogP contribution in [0.15, 0.2) is 0 Å². The minimum absolute atomic E-state index is 0.142. The Morgan fingerprint density at radius 2 is 2.21 bits per heavy atom. The number of hydrogen-bond donors (Lipinski definition) is 1. The summed E-state index contributed by atoms with van der Waals surface area (Å²) in [4.78, 5) is 13.5. The molecule has 1 heterocycles. The van der Waals surface area contributed by atoms with Crippen molar-refractivity contribution in [3.8, 4) is 0 Å². The number of nitrogens with zero attached hydrogens (tertiary/aromatic N) is 1. The summed E-state index contributed by atoms with van der Waals surface area (Å²) in [5.74, 6) is -0.142. The monoisotopic (exact) mass is 217 g/mol. The van der Waals surface area contributed by atoms with Gasteiger partial charge in [0.05, 0.1) is 0 Å². The molecule has 0 bridgehead atoms. The van der Waals surface area contributed by atoms with Gasteiger partial charge < -0.3 is 10.0 Å². The molecule has 0 spiro atoms. The molecule has 0 aromatic heterocycles. The molecule has 82 valence electrons. The number of piperidine rings is 1. The molecule has 1 saturated heterocycles. The number of likely N-dealkylation sites (tertiary alicyclic amines) is 1. The number of hydrogen-bond acceptors (Lipinski definition) is 3. The predicted molar refractivity (Wildman–Crippen MR) is 59.4 cm³/mol. The zero-order valence-corrected chi connectivity index (χ0v) is 9.93. The fraction of sp³-hybridized carbons (Fsp3) is 0.900. The van der Waals surface area contributed by atoms with E-state index in [1.54, 1.807) is 30.5 Å². The van der Waals surface area contributed by atoms with Crippen molar-refractivity contribution in [1.29, 1.82) is 0 Å². The Bertz CT molecular complexity index is 213. The van der Waals surface area contributed by atoms with E-state index < -0.39 is 5.60 Å². The lowest BCUT2D eigenvalue weighted by Gasteiger charge is -2.35. The second-order valence-electron chi connectivity index (χ2n) is 4.31. The molecule has 1 rings (SSSR count). The fourth-order valence-corrected chi connectivity index (χ4v) is 2.43. The van der Waals surface area contributed by atoms with E-state index in [-0.39, 0.29) is 5.91 Å². The van der Waals surface area contributed by atoms with Crippen LogP contribution >= 0.6 is 11.8 Å². The molecule has 1 amide bonds. The third-order valence-electron chi connectivity index (χ3n) is 2.52. The van der Waals surface area contributed by atoms with Crippen molar-refractivity contribution in [2.24, 2.45) is 0 Å². The number of carbonyl (C=O) groups excluding carboxylic acids is 1. The SMILES string of the molecule is CSC1CCCN(C(=O)C(C)(C)O)C1. The molecule has 4 heteroatoms. The maximum absolute atomic E-state index is 11.7. The molecule has 0 aromatic carbocycles. The van der Waals surface area contributed by atoms with E-state index in [2.05, 4.69) is 6.26 Å². The van der Waals surface area contributed by atoms with E-state index in [1.807, 2.05) is 0 Å². The molecule has 1 N–H and O–H groups in total. The second-order valence-corrected chi connectivity index (χ2v) is 5.45. The Morgan fingerprint density at radius 3 is 2.71 bits per heavy atom. The van der Waals surface area contributed by atoms with E-state index in [9.17, 15) is 9.90 Å². The van der Waals surface area contributed by atoms with Gasteiger partial charge in [0.15, 0.2) is 0 Å². The van der Waals surface area contributed by atoms with E-state index >= 15 is 0 Å². The number of rotatable bonds is 2. The summed E-state index contributed by atoms with van der Waals surface area (Å²) in [5, 5.41) is 10.1. The minimum Gasteiger partial charge on any atom is -0.381 e. The summed E-state index contributed by atoms with van der Waals surface area (Å²) in [6, 6.07) is 0. The van der Waals surface area contributed by atoms with Gasteiger partial charge in [-0.3, -0.25) is 4.79 Å². The number of aliphatic hydroxyl groups is 1. The smallest absolute Gasteiger partial charge is 0.253 e. The van der Waals surface area contributed by atoms with E-state index in [0.29, 0.717) is 5.25 Å². The van der Waals surface area contributed by atoms with Crippen molar-refractivity contribution < 1.29 is 9.90 Å². The summed E-state index contributed by atoms with van der Waals surface area (Å²) in [6.45, 7) is 4.68. The summed E-state index contributed by atoms with van der Waals surface area (Å²) in [6.07, 6.45) is 4.30. The highest BCUT2D eigenvalue weighted by molar-refractivity contribution is 7.99. The highest BCUT2D eigenvalue weighted by Crippen LogP contribution is 2.22. The number of thioether (sulfide) groups is 1. The van der Waals surface area contributed by atoms with Gasteiger partial charge in [-0.25, -0.2) is 0 Å². The third-order valence-corrected chi connectivity index (χ3v) is 3.57. The molecule has 1 aliphatic heterocycles. The topological polar surface area (TPSA) is 40.5 Å². The van der Waals surface area contributed by atoms with E-state index in [4.69, 9.17) is 0 Å². The molecule has 1 fully saturated rings. The summed E-state index contributed by atoms with van der Waals surface area (Å²) < 4.78 is 0. The molecule has 0 saturated carbocycles. The van der Waals surface area contributed by atoms with Gasteiger partial charge in [-0.1, -0.05) is 0 Å². The molecule has 0 aromatic rings. The summed E-state index contributed by atoms with van der Waals surface area (Å²) in [7, 11) is 0. The van der Waals surface area contributed by atoms with Crippen molar-refractivity contribution >= 4 is 17.7 Å². The first-order valence-electron chi connectivity index (χ1n) is 4.99. The van der Waals surface area contributed by atoms with Crippen LogP contribution in [0.3, 0.4) is 0 Å². The Morgan fingerprint density at radius 1 is 1.57 bits per heavy atom. The first kappa shape index (κ1) is 11.9. The lowest BCUT2D eigenvalue weighted by molar-refractivity contribution is -0.148. The molecule has 14 heavy (non-hydrogen) atoms. The van der Waals surface area contributed by atoms with Gasteiger partial charge in [0, 0.05) is 18.3 Å². The van der Waals surface area contributed by atoms with E-state index in [1.165, 1.54) is 6.42 Å². The first-order chi connectivity index (χ1) is 6.45. The van der Waals surface area contributed by atoms with Crippen LogP contribution in [0.25, 0.3) is 0 Å². The van der Waals surface area contributed by atoms with Crippen LogP contribution in [0.1, 0.15) is 26.7 Å². The van der Waals surface area contributed by atoms with Crippen LogP contribution in [0.5, 0.6) is 0 Å². The first-order valence-corrected chi connectivity index (χ1v) is 6.28. The van der Waals surface area contributed by atoms with Gasteiger partial charge in [0.1, 0.15) is 5.60 Å². The predicted octanol–water partition coefficient (Wildman–Crippen LogP) is 1.11. The summed E-state index contributed by atoms with van der Waals surface area (Å²) >= 11 is 1.80. The zero-order chi connectivity index (χ0) is 10.8. The van der Waals surface area contributed by atoms with Crippen molar-refractivity contribution in [3.05, 3.63) is 0 Å². The van der Waals surface area contributed by atoms with Gasteiger partial charge in [0.25, 0.3) is 5.91 Å². The highest BCUT2D eigenvalue weighted by Gasteiger charge is 2.32. The average Bonchev–Trinajstić information content (AvgIpc) is 2.15. The van der Waals surface area contributed by atoms with Gasteiger partial charge in [-0.05, 0) is 32.9 Å². The van der Waals surface area contributed by atoms with Crippen LogP contribution in [0.2, 0.25) is 0 Å². The van der Waals surface area contributed by atoms with Gasteiger partial charge in [-0.2, -0.15) is 11.8 Å². The maximum Gasteiger partial charge on any atom is 0.253 e. The normalized spacial score (nSPS) is 23.7. The summed E-state index contributed by atoms with van der Waals surface area (Å²) in [5.41, 5.74) is -1.22. The lowest BCUT2D eigenvalue weighted by atomic mass is 10.0. The average molecular weight is 217 g/mol. The molecular formula is C10H19NO2S. The fourth-order valence-electron chi connectivity index (χ4n) is 1.70. The van der Waals surface area contributed by atoms with Gasteiger partial charge >= 0.3 is 0 Å². The lowest BCUT2D eigenvalue weighted by Crippen LogP contribution is -2.49. The van der Waals surface area contributed by atoms with Crippen molar-refractivity contribution in [2.75, 3.05) is 19.3 Å². The molecule has 1 aliphatic rings. The molecule has 1 unspecified atom stereocenters. The molecular weight excluding hydrogens is 198 g/mol. The molecule has 3 nitrogen and oxygen atoms in total. The van der Waals surface area contributed by atoms with E-state index in [0.717, 1.165) is 19.5 Å². The van der Waals surface area contributed by atoms with Crippen LogP contribution in [0.4, 0.5) is 0 Å². The molecule has 1 atom stereocenters. The van der Waals surface area contributed by atoms with Crippen LogP contribution in [-0.4, -0.2) is 46.1 Å². The second kappa shape index (κ2) is 4.53. The maximum atomic E-state index is 11.7. The van der Waals surface area contributed by atoms with Crippen LogP contribution in [-0.2, 0) is 4.79 Å². The molecule has 0 aliphatic carbocycles. The number of amides is 1. The largest absolute Gasteiger partial charge is 0.381 e. The third kappa shape index (κ3) is 2.89. The Hall–Kier alpha value is -0.220. The van der Waals surface area contributed by atoms with Crippen molar-refractivity contribution in [2.45, 2.75) is 37.5 Å².